The molecule has 0 spiro atoms. The lowest BCUT2D eigenvalue weighted by molar-refractivity contribution is -0.122. The van der Waals surface area contributed by atoms with E-state index in [1.54, 1.807) is 0 Å². The van der Waals surface area contributed by atoms with Crippen molar-refractivity contribution in [2.45, 2.75) is 90.1 Å². The Morgan fingerprint density at radius 3 is 2.35 bits per heavy atom. The molecule has 3 nitrogen and oxygen atoms in total. The Balaban J connectivity index is 0.00000192. The predicted octanol–water partition coefficient (Wildman–Crippen LogP) is 4.05. The quantitative estimate of drug-likeness (QED) is 0.764. The molecule has 3 aliphatic rings. The van der Waals surface area contributed by atoms with E-state index in [1.165, 1.54) is 57.8 Å². The largest absolute Gasteiger partial charge is 0.356 e. The second-order valence-corrected chi connectivity index (χ2v) is 8.76. The van der Waals surface area contributed by atoms with E-state index in [9.17, 15) is 4.79 Å². The molecule has 2 unspecified atom stereocenters. The summed E-state index contributed by atoms with van der Waals surface area (Å²) in [6, 6.07) is 1.39. The summed E-state index contributed by atoms with van der Waals surface area (Å²) in [5.74, 6) is 1.65. The van der Waals surface area contributed by atoms with Gasteiger partial charge in [0, 0.05) is 25.0 Å². The van der Waals surface area contributed by atoms with Crippen LogP contribution in [0, 0.1) is 17.3 Å². The van der Waals surface area contributed by atoms with Gasteiger partial charge in [-0.3, -0.25) is 4.79 Å². The van der Waals surface area contributed by atoms with Crippen LogP contribution >= 0.6 is 12.4 Å². The zero-order valence-electron chi connectivity index (χ0n) is 14.9. The van der Waals surface area contributed by atoms with Crippen molar-refractivity contribution >= 4 is 18.3 Å². The van der Waals surface area contributed by atoms with Crippen LogP contribution in [0.4, 0.5) is 0 Å². The summed E-state index contributed by atoms with van der Waals surface area (Å²) in [7, 11) is 0. The van der Waals surface area contributed by atoms with Crippen molar-refractivity contribution in [3.8, 4) is 0 Å². The van der Waals surface area contributed by atoms with Crippen LogP contribution in [0.1, 0.15) is 78.1 Å². The van der Waals surface area contributed by atoms with Crippen LogP contribution in [0.2, 0.25) is 0 Å². The van der Waals surface area contributed by atoms with Gasteiger partial charge in [-0.1, -0.05) is 26.7 Å². The predicted molar refractivity (Wildman–Crippen MR) is 97.9 cm³/mol. The van der Waals surface area contributed by atoms with Gasteiger partial charge in [0.1, 0.15) is 0 Å². The zero-order chi connectivity index (χ0) is 15.6. The summed E-state index contributed by atoms with van der Waals surface area (Å²) in [4.78, 5) is 12.4. The molecule has 2 heterocycles. The second-order valence-electron chi connectivity index (χ2n) is 8.76. The van der Waals surface area contributed by atoms with E-state index in [1.807, 2.05) is 0 Å². The molecular formula is C19H35ClN2O. The third kappa shape index (κ3) is 5.09. The van der Waals surface area contributed by atoms with Crippen molar-refractivity contribution in [2.24, 2.45) is 17.3 Å². The first-order valence-electron chi connectivity index (χ1n) is 9.57. The number of hydrogen-bond donors (Lipinski definition) is 2. The van der Waals surface area contributed by atoms with Gasteiger partial charge >= 0.3 is 0 Å². The number of rotatable bonds is 6. The zero-order valence-corrected chi connectivity index (χ0v) is 15.7. The molecule has 1 amide bonds. The van der Waals surface area contributed by atoms with E-state index in [-0.39, 0.29) is 12.4 Å². The normalized spacial score (nSPS) is 31.9. The summed E-state index contributed by atoms with van der Waals surface area (Å²) in [6.45, 7) is 5.54. The fourth-order valence-electron chi connectivity index (χ4n) is 5.41. The van der Waals surface area contributed by atoms with Gasteiger partial charge in [0.15, 0.2) is 0 Å². The van der Waals surface area contributed by atoms with E-state index in [4.69, 9.17) is 0 Å². The first kappa shape index (κ1) is 19.1. The highest BCUT2D eigenvalue weighted by Crippen LogP contribution is 2.42. The maximum Gasteiger partial charge on any atom is 0.220 e. The molecule has 1 aliphatic carbocycles. The van der Waals surface area contributed by atoms with Crippen LogP contribution in [-0.4, -0.2) is 24.5 Å². The topological polar surface area (TPSA) is 41.1 Å². The van der Waals surface area contributed by atoms with Gasteiger partial charge < -0.3 is 10.6 Å². The lowest BCUT2D eigenvalue weighted by Crippen LogP contribution is -2.41. The summed E-state index contributed by atoms with van der Waals surface area (Å²) in [5, 5.41) is 6.98. The van der Waals surface area contributed by atoms with E-state index >= 15 is 0 Å². The maximum absolute atomic E-state index is 12.4. The number of hydrogen-bond acceptors (Lipinski definition) is 2. The van der Waals surface area contributed by atoms with Crippen molar-refractivity contribution in [1.82, 2.24) is 10.6 Å². The molecule has 0 aromatic rings. The maximum atomic E-state index is 12.4. The molecule has 2 bridgehead atoms. The molecule has 3 rings (SSSR count). The lowest BCUT2D eigenvalue weighted by atomic mass is 9.78. The van der Waals surface area contributed by atoms with Crippen molar-refractivity contribution in [3.63, 3.8) is 0 Å². The van der Waals surface area contributed by atoms with Crippen LogP contribution in [0.25, 0.3) is 0 Å². The Hall–Kier alpha value is -0.280. The van der Waals surface area contributed by atoms with E-state index in [2.05, 4.69) is 24.5 Å². The van der Waals surface area contributed by atoms with Crippen LogP contribution < -0.4 is 10.6 Å². The third-order valence-electron chi connectivity index (χ3n) is 6.21. The standard InChI is InChI=1S/C19H34N2O.ClH/c1-14(2)12-19(7-3-4-8-19)13-20-18(22)11-15-9-16-5-6-17(10-15)21-16;/h14-17,21H,3-13H2,1-2H3,(H,20,22);1H. The fourth-order valence-corrected chi connectivity index (χ4v) is 5.41. The molecule has 2 atom stereocenters. The summed E-state index contributed by atoms with van der Waals surface area (Å²) in [6.07, 6.45) is 12.4. The van der Waals surface area contributed by atoms with Gasteiger partial charge in [0.05, 0.1) is 0 Å². The van der Waals surface area contributed by atoms with E-state index in [0.29, 0.717) is 29.3 Å². The fraction of sp³-hybridized carbons (Fsp3) is 0.947. The average molecular weight is 343 g/mol. The molecule has 2 N–H and O–H groups in total. The molecule has 2 saturated heterocycles. The second kappa shape index (κ2) is 8.20. The molecule has 0 aromatic carbocycles. The van der Waals surface area contributed by atoms with E-state index < -0.39 is 0 Å². The number of fused-ring (bicyclic) bond motifs is 2. The molecule has 1 saturated carbocycles. The molecular weight excluding hydrogens is 308 g/mol. The lowest BCUT2D eigenvalue weighted by Gasteiger charge is -2.32. The highest BCUT2D eigenvalue weighted by Gasteiger charge is 2.36. The number of amides is 1. The first-order valence-corrected chi connectivity index (χ1v) is 9.57. The number of carbonyl (C=O) groups excluding carboxylic acids is 1. The smallest absolute Gasteiger partial charge is 0.220 e. The van der Waals surface area contributed by atoms with Crippen LogP contribution in [0.15, 0.2) is 0 Å². The van der Waals surface area contributed by atoms with Gasteiger partial charge in [-0.15, -0.1) is 12.4 Å². The number of piperidine rings is 1. The van der Waals surface area contributed by atoms with Crippen LogP contribution in [-0.2, 0) is 4.79 Å². The minimum Gasteiger partial charge on any atom is -0.356 e. The van der Waals surface area contributed by atoms with E-state index in [0.717, 1.165) is 18.9 Å². The summed E-state index contributed by atoms with van der Waals surface area (Å²) < 4.78 is 0. The summed E-state index contributed by atoms with van der Waals surface area (Å²) >= 11 is 0. The van der Waals surface area contributed by atoms with Crippen LogP contribution in [0.3, 0.4) is 0 Å². The third-order valence-corrected chi connectivity index (χ3v) is 6.21. The van der Waals surface area contributed by atoms with Crippen LogP contribution in [0.5, 0.6) is 0 Å². The molecule has 0 radical (unpaired) electrons. The first-order chi connectivity index (χ1) is 10.5. The van der Waals surface area contributed by atoms with Gasteiger partial charge in [0.2, 0.25) is 5.91 Å². The Bertz CT molecular complexity index is 381. The molecule has 4 heteroatoms. The number of carbonyl (C=O) groups is 1. The van der Waals surface area contributed by atoms with Gasteiger partial charge in [-0.05, 0) is 62.2 Å². The molecule has 134 valence electrons. The SMILES string of the molecule is CC(C)CC1(CNC(=O)CC2CC3CCC(C2)N3)CCCC1.Cl. The van der Waals surface area contributed by atoms with Gasteiger partial charge in [-0.25, -0.2) is 0 Å². The monoisotopic (exact) mass is 342 g/mol. The molecule has 0 aromatic heterocycles. The van der Waals surface area contributed by atoms with Crippen molar-refractivity contribution in [3.05, 3.63) is 0 Å². The Morgan fingerprint density at radius 1 is 1.17 bits per heavy atom. The number of nitrogens with one attached hydrogen (secondary N) is 2. The summed E-state index contributed by atoms with van der Waals surface area (Å²) in [5.41, 5.74) is 0.400. The van der Waals surface area contributed by atoms with Gasteiger partial charge in [0.25, 0.3) is 0 Å². The Morgan fingerprint density at radius 2 is 1.78 bits per heavy atom. The molecule has 3 fully saturated rings. The van der Waals surface area contributed by atoms with Crippen molar-refractivity contribution in [1.29, 1.82) is 0 Å². The van der Waals surface area contributed by atoms with Crippen molar-refractivity contribution < 1.29 is 4.79 Å². The Kier molecular flexibility index (Phi) is 6.79. The number of halogens is 1. The van der Waals surface area contributed by atoms with Gasteiger partial charge in [-0.2, -0.15) is 0 Å². The molecule has 23 heavy (non-hydrogen) atoms. The molecule has 2 aliphatic heterocycles. The average Bonchev–Trinajstić information content (AvgIpc) is 3.04. The minimum absolute atomic E-state index is 0. The highest BCUT2D eigenvalue weighted by molar-refractivity contribution is 5.85. The highest BCUT2D eigenvalue weighted by atomic mass is 35.5. The minimum atomic E-state index is 0. The van der Waals surface area contributed by atoms with Crippen molar-refractivity contribution in [2.75, 3.05) is 6.54 Å². The Labute approximate surface area is 148 Å².